The molecule has 1 aliphatic heterocycles. The summed E-state index contributed by atoms with van der Waals surface area (Å²) in [6.45, 7) is 0.0659. The number of hydrogen-bond acceptors (Lipinski definition) is 4. The topological polar surface area (TPSA) is 48.0 Å². The zero-order valence-electron chi connectivity index (χ0n) is 17.4. The molecule has 5 nitrogen and oxygen atoms in total. The maximum absolute atomic E-state index is 15.0. The zero-order valence-corrected chi connectivity index (χ0v) is 19.0. The summed E-state index contributed by atoms with van der Waals surface area (Å²) in [6.07, 6.45) is 0. The predicted molar refractivity (Wildman–Crippen MR) is 118 cm³/mol. The van der Waals surface area contributed by atoms with E-state index in [0.29, 0.717) is 17.1 Å². The molecule has 4 rings (SSSR count). The second-order valence-electron chi connectivity index (χ2n) is 7.24. The highest BCUT2D eigenvalue weighted by Crippen LogP contribution is 2.36. The first-order valence-corrected chi connectivity index (χ1v) is 10.6. The third-order valence-corrected chi connectivity index (χ3v) is 5.86. The minimum atomic E-state index is -0.998. The summed E-state index contributed by atoms with van der Waals surface area (Å²) in [4.78, 5) is 14.6. The highest BCUT2D eigenvalue weighted by atomic mass is 79.9. The van der Waals surface area contributed by atoms with Crippen molar-refractivity contribution in [3.05, 3.63) is 87.4 Å². The number of benzene rings is 3. The molecule has 1 atom stereocenters. The normalized spacial score (nSPS) is 13.7. The quantitative estimate of drug-likeness (QED) is 0.425. The number of rotatable bonds is 7. The van der Waals surface area contributed by atoms with Crippen molar-refractivity contribution in [1.82, 2.24) is 4.90 Å². The number of fused-ring (bicyclic) bond motifs is 1. The van der Waals surface area contributed by atoms with Crippen molar-refractivity contribution in [3.63, 3.8) is 0 Å². The highest BCUT2D eigenvalue weighted by molar-refractivity contribution is 9.10. The van der Waals surface area contributed by atoms with Crippen LogP contribution >= 0.6 is 15.9 Å². The van der Waals surface area contributed by atoms with E-state index in [2.05, 4.69) is 15.9 Å². The number of methoxy groups -OCH3 is 2. The lowest BCUT2D eigenvalue weighted by atomic mass is 10.0. The van der Waals surface area contributed by atoms with Crippen LogP contribution in [0.5, 0.6) is 17.2 Å². The Balaban J connectivity index is 1.69. The van der Waals surface area contributed by atoms with Gasteiger partial charge in [0.25, 0.3) is 5.91 Å². The molecule has 3 aromatic carbocycles. The van der Waals surface area contributed by atoms with E-state index >= 15 is 8.78 Å². The molecule has 0 aromatic heterocycles. The molecule has 0 fully saturated rings. The number of hydrogen-bond donors (Lipinski definition) is 0. The summed E-state index contributed by atoms with van der Waals surface area (Å²) in [5.41, 5.74) is 1.02. The molecule has 1 aliphatic rings. The third kappa shape index (κ3) is 4.27. The number of amides is 1. The van der Waals surface area contributed by atoms with Gasteiger partial charge in [-0.1, -0.05) is 22.0 Å². The van der Waals surface area contributed by atoms with E-state index in [-0.39, 0.29) is 30.4 Å². The van der Waals surface area contributed by atoms with Crippen molar-refractivity contribution in [2.75, 3.05) is 20.8 Å². The van der Waals surface area contributed by atoms with Crippen molar-refractivity contribution < 1.29 is 27.8 Å². The van der Waals surface area contributed by atoms with Crippen LogP contribution in [0.4, 0.5) is 8.78 Å². The van der Waals surface area contributed by atoms with Gasteiger partial charge in [0.1, 0.15) is 35.5 Å². The summed E-state index contributed by atoms with van der Waals surface area (Å²) in [5.74, 6) is -0.753. The maximum atomic E-state index is 15.0. The molecule has 0 saturated carbocycles. The van der Waals surface area contributed by atoms with Crippen molar-refractivity contribution >= 4 is 21.8 Å². The van der Waals surface area contributed by atoms with E-state index in [9.17, 15) is 4.79 Å². The Hall–Kier alpha value is -3.13. The molecule has 1 amide bonds. The Morgan fingerprint density at radius 2 is 1.56 bits per heavy atom. The average molecular weight is 504 g/mol. The smallest absolute Gasteiger partial charge is 0.255 e. The lowest BCUT2D eigenvalue weighted by Crippen LogP contribution is -2.34. The van der Waals surface area contributed by atoms with Gasteiger partial charge < -0.3 is 19.1 Å². The summed E-state index contributed by atoms with van der Waals surface area (Å²) in [6, 6.07) is 13.4. The minimum Gasteiger partial charge on any atom is -0.497 e. The number of carbonyl (C=O) groups is 1. The third-order valence-electron chi connectivity index (χ3n) is 5.37. The van der Waals surface area contributed by atoms with Gasteiger partial charge in [0.05, 0.1) is 20.3 Å². The molecule has 0 spiro atoms. The number of nitrogens with zero attached hydrogens (tertiary/aromatic N) is 1. The van der Waals surface area contributed by atoms with Crippen LogP contribution in [0, 0.1) is 11.6 Å². The van der Waals surface area contributed by atoms with Crippen LogP contribution in [0.25, 0.3) is 0 Å². The van der Waals surface area contributed by atoms with Gasteiger partial charge in [-0.15, -0.1) is 0 Å². The van der Waals surface area contributed by atoms with Crippen molar-refractivity contribution in [2.24, 2.45) is 0 Å². The molecule has 1 heterocycles. The summed E-state index contributed by atoms with van der Waals surface area (Å²) >= 11 is 3.37. The number of carbonyl (C=O) groups excluding carboxylic acids is 1. The Morgan fingerprint density at radius 1 is 0.938 bits per heavy atom. The molecular weight excluding hydrogens is 484 g/mol. The molecule has 3 aromatic rings. The fourth-order valence-electron chi connectivity index (χ4n) is 3.72. The Kier molecular flexibility index (Phi) is 6.32. The molecule has 32 heavy (non-hydrogen) atoms. The van der Waals surface area contributed by atoms with Crippen LogP contribution in [0.1, 0.15) is 27.5 Å². The van der Waals surface area contributed by atoms with Gasteiger partial charge in [-0.3, -0.25) is 4.79 Å². The van der Waals surface area contributed by atoms with Gasteiger partial charge in [0.2, 0.25) is 0 Å². The first-order valence-electron chi connectivity index (χ1n) is 9.80. The Bertz CT molecular complexity index is 1130. The van der Waals surface area contributed by atoms with Crippen LogP contribution in [-0.4, -0.2) is 31.6 Å². The average Bonchev–Trinajstić information content (AvgIpc) is 3.11. The standard InChI is InChI=1S/C24H20BrF2NO4/c1-30-16-5-7-17(8-6-16)32-13-22(23-20(26)10-18(31-2)11-21(23)27)28-12-14-3-4-15(25)9-19(14)24(28)29/h3-11,22H,12-13H2,1-2H3. The van der Waals surface area contributed by atoms with Gasteiger partial charge in [-0.25, -0.2) is 8.78 Å². The van der Waals surface area contributed by atoms with E-state index in [4.69, 9.17) is 14.2 Å². The van der Waals surface area contributed by atoms with Crippen molar-refractivity contribution in [1.29, 1.82) is 0 Å². The summed E-state index contributed by atoms with van der Waals surface area (Å²) in [7, 11) is 2.88. The molecular formula is C24H20BrF2NO4. The fraction of sp³-hybridized carbons (Fsp3) is 0.208. The highest BCUT2D eigenvalue weighted by Gasteiger charge is 2.37. The zero-order chi connectivity index (χ0) is 22.8. The monoisotopic (exact) mass is 503 g/mol. The van der Waals surface area contributed by atoms with Gasteiger partial charge in [0.15, 0.2) is 0 Å². The lowest BCUT2D eigenvalue weighted by Gasteiger charge is -2.29. The first-order chi connectivity index (χ1) is 15.4. The van der Waals surface area contributed by atoms with E-state index < -0.39 is 17.7 Å². The van der Waals surface area contributed by atoms with Gasteiger partial charge in [-0.2, -0.15) is 0 Å². The Labute approximate surface area is 192 Å². The number of halogens is 3. The van der Waals surface area contributed by atoms with Crippen LogP contribution in [0.15, 0.2) is 59.1 Å². The molecule has 8 heteroatoms. The lowest BCUT2D eigenvalue weighted by molar-refractivity contribution is 0.0625. The predicted octanol–water partition coefficient (Wildman–Crippen LogP) is 5.52. The van der Waals surface area contributed by atoms with Gasteiger partial charge >= 0.3 is 0 Å². The largest absolute Gasteiger partial charge is 0.497 e. The van der Waals surface area contributed by atoms with Crippen LogP contribution in [0.3, 0.4) is 0 Å². The van der Waals surface area contributed by atoms with Crippen molar-refractivity contribution in [3.8, 4) is 17.2 Å². The van der Waals surface area contributed by atoms with Crippen LogP contribution in [-0.2, 0) is 6.54 Å². The molecule has 0 saturated heterocycles. The fourth-order valence-corrected chi connectivity index (χ4v) is 4.08. The molecule has 1 unspecified atom stereocenters. The molecule has 0 aliphatic carbocycles. The molecule has 0 bridgehead atoms. The van der Waals surface area contributed by atoms with E-state index in [1.165, 1.54) is 12.0 Å². The first kappa shape index (κ1) is 22.1. The van der Waals surface area contributed by atoms with E-state index in [1.54, 1.807) is 37.4 Å². The van der Waals surface area contributed by atoms with Crippen LogP contribution < -0.4 is 14.2 Å². The second-order valence-corrected chi connectivity index (χ2v) is 8.16. The molecule has 0 N–H and O–H groups in total. The van der Waals surface area contributed by atoms with E-state index in [0.717, 1.165) is 22.2 Å². The van der Waals surface area contributed by atoms with Crippen molar-refractivity contribution in [2.45, 2.75) is 12.6 Å². The molecule has 0 radical (unpaired) electrons. The second kappa shape index (κ2) is 9.16. The molecule has 166 valence electrons. The maximum Gasteiger partial charge on any atom is 0.255 e. The SMILES string of the molecule is COc1ccc(OCC(c2c(F)cc(OC)cc2F)N2Cc3ccc(Br)cc3C2=O)cc1. The van der Waals surface area contributed by atoms with Gasteiger partial charge in [-0.05, 0) is 42.0 Å². The van der Waals surface area contributed by atoms with Gasteiger partial charge in [0, 0.05) is 34.3 Å². The summed E-state index contributed by atoms with van der Waals surface area (Å²) in [5, 5.41) is 0. The Morgan fingerprint density at radius 3 is 2.19 bits per heavy atom. The minimum absolute atomic E-state index is 0.0542. The van der Waals surface area contributed by atoms with Crippen LogP contribution in [0.2, 0.25) is 0 Å². The van der Waals surface area contributed by atoms with E-state index in [1.807, 2.05) is 12.1 Å². The summed E-state index contributed by atoms with van der Waals surface area (Å²) < 4.78 is 46.7. The number of ether oxygens (including phenoxy) is 3.